The Balaban J connectivity index is 2.60. The number of amides is 1. The van der Waals surface area contributed by atoms with Crippen molar-refractivity contribution in [2.75, 3.05) is 4.72 Å². The average molecular weight is 300 g/mol. The Morgan fingerprint density at radius 2 is 1.95 bits per heavy atom. The zero-order valence-corrected chi connectivity index (χ0v) is 12.2. The summed E-state index contributed by atoms with van der Waals surface area (Å²) in [5.41, 5.74) is 2.06. The maximum Gasteiger partial charge on any atom is 0.243 e. The van der Waals surface area contributed by atoms with Gasteiger partial charge in [0, 0.05) is 12.1 Å². The third kappa shape index (κ3) is 5.18. The van der Waals surface area contributed by atoms with Gasteiger partial charge in [-0.3, -0.25) is 14.7 Å². The number of carbonyl (C=O) groups is 1. The minimum Gasteiger partial charge on any atom is -0.289 e. The van der Waals surface area contributed by atoms with E-state index < -0.39 is 21.2 Å². The molecule has 0 saturated carbocycles. The number of rotatable bonds is 8. The topological polar surface area (TPSA) is 95.5 Å². The van der Waals surface area contributed by atoms with Crippen molar-refractivity contribution in [1.82, 2.24) is 5.48 Å². The van der Waals surface area contributed by atoms with Crippen molar-refractivity contribution in [2.24, 2.45) is 0 Å². The van der Waals surface area contributed by atoms with Gasteiger partial charge in [0.05, 0.1) is 5.25 Å². The number of anilines is 1. The van der Waals surface area contributed by atoms with Crippen LogP contribution in [-0.2, 0) is 14.8 Å². The number of hydroxylamine groups is 1. The number of hydrogen-bond acceptors (Lipinski definition) is 4. The summed E-state index contributed by atoms with van der Waals surface area (Å²) in [4.78, 5) is 10.9. The predicted octanol–water partition coefficient (Wildman–Crippen LogP) is 1.88. The van der Waals surface area contributed by atoms with Crippen molar-refractivity contribution < 1.29 is 18.4 Å². The Morgan fingerprint density at radius 1 is 1.30 bits per heavy atom. The molecule has 6 nitrogen and oxygen atoms in total. The molecule has 0 aliphatic heterocycles. The molecule has 0 fully saturated rings. The average Bonchev–Trinajstić information content (AvgIpc) is 2.43. The predicted molar refractivity (Wildman–Crippen MR) is 76.8 cm³/mol. The molecule has 1 unspecified atom stereocenters. The molecule has 0 spiro atoms. The number of para-hydroxylation sites is 1. The van der Waals surface area contributed by atoms with Crippen LogP contribution in [0.3, 0.4) is 0 Å². The summed E-state index contributed by atoms with van der Waals surface area (Å²) in [5.74, 6) is -0.506. The molecule has 1 amide bonds. The van der Waals surface area contributed by atoms with Crippen LogP contribution in [0.25, 0.3) is 0 Å². The third-order valence-electron chi connectivity index (χ3n) is 2.98. The summed E-state index contributed by atoms with van der Waals surface area (Å²) in [7, 11) is -3.47. The number of nitrogens with one attached hydrogen (secondary N) is 2. The monoisotopic (exact) mass is 300 g/mol. The first-order chi connectivity index (χ1) is 9.49. The molecule has 1 aromatic carbocycles. The maximum absolute atomic E-state index is 12.2. The highest BCUT2D eigenvalue weighted by molar-refractivity contribution is 7.93. The van der Waals surface area contributed by atoms with Crippen LogP contribution in [0.4, 0.5) is 5.69 Å². The molecule has 0 radical (unpaired) electrons. The van der Waals surface area contributed by atoms with Gasteiger partial charge < -0.3 is 0 Å². The van der Waals surface area contributed by atoms with Crippen LogP contribution < -0.4 is 10.2 Å². The normalized spacial score (nSPS) is 12.7. The lowest BCUT2D eigenvalue weighted by atomic mass is 10.1. The Kier molecular flexibility index (Phi) is 6.47. The van der Waals surface area contributed by atoms with Gasteiger partial charge in [0.25, 0.3) is 0 Å². The largest absolute Gasteiger partial charge is 0.289 e. The van der Waals surface area contributed by atoms with E-state index in [4.69, 9.17) is 5.21 Å². The lowest BCUT2D eigenvalue weighted by Gasteiger charge is -2.17. The number of carbonyl (C=O) groups excluding carboxylic acids is 1. The molecule has 1 rings (SSSR count). The molecule has 7 heteroatoms. The molecule has 0 saturated heterocycles. The second kappa shape index (κ2) is 7.86. The number of sulfonamides is 1. The lowest BCUT2D eigenvalue weighted by molar-refractivity contribution is -0.129. The van der Waals surface area contributed by atoms with E-state index >= 15 is 0 Å². The van der Waals surface area contributed by atoms with Gasteiger partial charge in [-0.1, -0.05) is 25.1 Å². The quantitative estimate of drug-likeness (QED) is 0.504. The van der Waals surface area contributed by atoms with Gasteiger partial charge in [0.2, 0.25) is 15.9 Å². The number of benzene rings is 1. The van der Waals surface area contributed by atoms with Gasteiger partial charge in [0.15, 0.2) is 0 Å². The summed E-state index contributed by atoms with van der Waals surface area (Å²) in [6, 6.07) is 8.68. The fraction of sp³-hybridized carbons (Fsp3) is 0.462. The van der Waals surface area contributed by atoms with Crippen molar-refractivity contribution in [3.05, 3.63) is 30.3 Å². The zero-order valence-electron chi connectivity index (χ0n) is 11.4. The summed E-state index contributed by atoms with van der Waals surface area (Å²) in [6.45, 7) is 1.79. The van der Waals surface area contributed by atoms with E-state index in [1.54, 1.807) is 31.2 Å². The molecule has 20 heavy (non-hydrogen) atoms. The van der Waals surface area contributed by atoms with Crippen molar-refractivity contribution in [3.63, 3.8) is 0 Å². The van der Waals surface area contributed by atoms with Crippen LogP contribution in [0.5, 0.6) is 0 Å². The second-order valence-electron chi connectivity index (χ2n) is 4.47. The van der Waals surface area contributed by atoms with Crippen LogP contribution >= 0.6 is 0 Å². The van der Waals surface area contributed by atoms with E-state index in [2.05, 4.69) is 4.72 Å². The zero-order chi connectivity index (χ0) is 15.0. The van der Waals surface area contributed by atoms with E-state index in [9.17, 15) is 13.2 Å². The van der Waals surface area contributed by atoms with Crippen LogP contribution in [0.15, 0.2) is 30.3 Å². The Hall–Kier alpha value is -1.60. The molecular weight excluding hydrogens is 280 g/mol. The molecule has 0 aromatic heterocycles. The molecule has 1 aromatic rings. The van der Waals surface area contributed by atoms with Crippen molar-refractivity contribution in [2.45, 2.75) is 37.9 Å². The fourth-order valence-electron chi connectivity index (χ4n) is 1.88. The first-order valence-electron chi connectivity index (χ1n) is 6.49. The van der Waals surface area contributed by atoms with Crippen LogP contribution in [-0.4, -0.2) is 24.8 Å². The van der Waals surface area contributed by atoms with E-state index in [-0.39, 0.29) is 6.42 Å². The number of hydrogen-bond donors (Lipinski definition) is 3. The highest BCUT2D eigenvalue weighted by Crippen LogP contribution is 2.17. The second-order valence-corrected chi connectivity index (χ2v) is 6.43. The highest BCUT2D eigenvalue weighted by atomic mass is 32.2. The summed E-state index contributed by atoms with van der Waals surface area (Å²) >= 11 is 0. The van der Waals surface area contributed by atoms with Crippen LogP contribution in [0.2, 0.25) is 0 Å². The van der Waals surface area contributed by atoms with Gasteiger partial charge in [0.1, 0.15) is 0 Å². The van der Waals surface area contributed by atoms with Gasteiger partial charge in [-0.2, -0.15) is 0 Å². The molecular formula is C13H20N2O4S. The Labute approximate surface area is 119 Å². The SMILES string of the molecule is CCC(CCCC(=O)NO)S(=O)(=O)Nc1ccccc1. The van der Waals surface area contributed by atoms with Crippen molar-refractivity contribution in [3.8, 4) is 0 Å². The summed E-state index contributed by atoms with van der Waals surface area (Å²) in [5, 5.41) is 7.82. The first kappa shape index (κ1) is 16.5. The maximum atomic E-state index is 12.2. The highest BCUT2D eigenvalue weighted by Gasteiger charge is 2.23. The standard InChI is InChI=1S/C13H20N2O4S/c1-2-12(9-6-10-13(16)14-17)20(18,19)15-11-7-4-3-5-8-11/h3-5,7-8,12,15,17H,2,6,9-10H2,1H3,(H,14,16). The van der Waals surface area contributed by atoms with Gasteiger partial charge in [-0.15, -0.1) is 0 Å². The summed E-state index contributed by atoms with van der Waals surface area (Å²) < 4.78 is 27.0. The van der Waals surface area contributed by atoms with Gasteiger partial charge in [-0.25, -0.2) is 13.9 Å². The van der Waals surface area contributed by atoms with E-state index in [0.29, 0.717) is 24.9 Å². The Bertz CT molecular complexity index is 516. The molecule has 0 heterocycles. The molecule has 0 bridgehead atoms. The van der Waals surface area contributed by atoms with E-state index in [0.717, 1.165) is 0 Å². The van der Waals surface area contributed by atoms with Crippen molar-refractivity contribution >= 4 is 21.6 Å². The van der Waals surface area contributed by atoms with E-state index in [1.807, 2.05) is 6.07 Å². The van der Waals surface area contributed by atoms with Crippen LogP contribution in [0, 0.1) is 0 Å². The smallest absolute Gasteiger partial charge is 0.243 e. The Morgan fingerprint density at radius 3 is 2.50 bits per heavy atom. The van der Waals surface area contributed by atoms with Crippen molar-refractivity contribution in [1.29, 1.82) is 0 Å². The van der Waals surface area contributed by atoms with Gasteiger partial charge >= 0.3 is 0 Å². The van der Waals surface area contributed by atoms with Gasteiger partial charge in [-0.05, 0) is 31.4 Å². The van der Waals surface area contributed by atoms with Crippen LogP contribution in [0.1, 0.15) is 32.6 Å². The van der Waals surface area contributed by atoms with E-state index in [1.165, 1.54) is 5.48 Å². The minimum atomic E-state index is -3.47. The molecule has 0 aliphatic rings. The first-order valence-corrected chi connectivity index (χ1v) is 8.04. The molecule has 0 aliphatic carbocycles. The molecule has 1 atom stereocenters. The summed E-state index contributed by atoms with van der Waals surface area (Å²) in [6.07, 6.45) is 1.34. The lowest BCUT2D eigenvalue weighted by Crippen LogP contribution is -2.28. The fourth-order valence-corrected chi connectivity index (χ4v) is 3.43. The minimum absolute atomic E-state index is 0.105. The molecule has 3 N–H and O–H groups in total. The molecule has 112 valence electrons. The third-order valence-corrected chi connectivity index (χ3v) is 4.95.